The minimum atomic E-state index is -4.26. The first kappa shape index (κ1) is 12.0. The molecule has 1 aromatic rings. The fraction of sp³-hybridized carbons (Fsp3) is 0.500. The van der Waals surface area contributed by atoms with Gasteiger partial charge in [-0.2, -0.15) is 13.2 Å². The number of hydrogen-bond acceptors (Lipinski definition) is 3. The van der Waals surface area contributed by atoms with Gasteiger partial charge in [-0.15, -0.1) is 0 Å². The van der Waals surface area contributed by atoms with Crippen molar-refractivity contribution in [3.8, 4) is 0 Å². The van der Waals surface area contributed by atoms with Crippen molar-refractivity contribution in [3.05, 3.63) is 17.5 Å². The van der Waals surface area contributed by atoms with Gasteiger partial charge in [0.25, 0.3) is 0 Å². The van der Waals surface area contributed by atoms with Crippen LogP contribution >= 0.6 is 11.6 Å². The third-order valence-electron chi connectivity index (χ3n) is 1.69. The summed E-state index contributed by atoms with van der Waals surface area (Å²) in [6.07, 6.45) is -2.93. The fourth-order valence-corrected chi connectivity index (χ4v) is 1.22. The van der Waals surface area contributed by atoms with Crippen molar-refractivity contribution in [2.75, 3.05) is 18.0 Å². The lowest BCUT2D eigenvalue weighted by Crippen LogP contribution is -2.34. The van der Waals surface area contributed by atoms with Gasteiger partial charge in [-0.05, 0) is 24.6 Å². The number of rotatable bonds is 3. The molecule has 7 heteroatoms. The molecular formula is C8H9ClF3N3. The highest BCUT2D eigenvalue weighted by molar-refractivity contribution is 6.28. The molecule has 0 aliphatic heterocycles. The number of halogens is 4. The quantitative estimate of drug-likeness (QED) is 0.759. The van der Waals surface area contributed by atoms with E-state index >= 15 is 0 Å². The summed E-state index contributed by atoms with van der Waals surface area (Å²) in [6, 6.07) is 1.39. The van der Waals surface area contributed by atoms with Gasteiger partial charge in [0.1, 0.15) is 12.4 Å². The SMILES string of the molecule is CCN(CC(F)(F)F)c1ccnc(Cl)n1. The molecule has 15 heavy (non-hydrogen) atoms. The van der Waals surface area contributed by atoms with Crippen molar-refractivity contribution in [3.63, 3.8) is 0 Å². The third-order valence-corrected chi connectivity index (χ3v) is 1.87. The molecule has 0 saturated carbocycles. The van der Waals surface area contributed by atoms with E-state index in [-0.39, 0.29) is 17.6 Å². The standard InChI is InChI=1S/C8H9ClF3N3/c1-2-15(5-8(10,11)12)6-3-4-13-7(9)14-6/h3-4H,2,5H2,1H3. The lowest BCUT2D eigenvalue weighted by atomic mass is 10.4. The smallest absolute Gasteiger partial charge is 0.348 e. The molecule has 0 aliphatic carbocycles. The van der Waals surface area contributed by atoms with E-state index in [0.29, 0.717) is 0 Å². The van der Waals surface area contributed by atoms with Gasteiger partial charge in [-0.1, -0.05) is 0 Å². The number of alkyl halides is 3. The first-order chi connectivity index (χ1) is 6.92. The Bertz CT molecular complexity index is 329. The van der Waals surface area contributed by atoms with E-state index < -0.39 is 12.7 Å². The fourth-order valence-electron chi connectivity index (χ4n) is 1.07. The third kappa shape index (κ3) is 3.91. The Labute approximate surface area is 89.9 Å². The predicted molar refractivity (Wildman–Crippen MR) is 51.0 cm³/mol. The second kappa shape index (κ2) is 4.65. The molecule has 0 fully saturated rings. The zero-order valence-corrected chi connectivity index (χ0v) is 8.68. The normalized spacial score (nSPS) is 11.5. The molecule has 0 spiro atoms. The summed E-state index contributed by atoms with van der Waals surface area (Å²) in [5.41, 5.74) is 0. The van der Waals surface area contributed by atoms with Crippen molar-refractivity contribution >= 4 is 17.4 Å². The maximum Gasteiger partial charge on any atom is 0.405 e. The van der Waals surface area contributed by atoms with Crippen molar-refractivity contribution in [1.29, 1.82) is 0 Å². The molecule has 0 saturated heterocycles. The molecule has 0 unspecified atom stereocenters. The van der Waals surface area contributed by atoms with Gasteiger partial charge in [-0.3, -0.25) is 0 Å². The minimum absolute atomic E-state index is 0.0619. The van der Waals surface area contributed by atoms with Crippen LogP contribution in [-0.2, 0) is 0 Å². The highest BCUT2D eigenvalue weighted by atomic mass is 35.5. The van der Waals surface area contributed by atoms with Crippen molar-refractivity contribution in [2.24, 2.45) is 0 Å². The summed E-state index contributed by atoms with van der Waals surface area (Å²) in [4.78, 5) is 8.39. The predicted octanol–water partition coefficient (Wildman–Crippen LogP) is 2.52. The molecule has 0 aliphatic rings. The van der Waals surface area contributed by atoms with Gasteiger partial charge in [0.05, 0.1) is 0 Å². The summed E-state index contributed by atoms with van der Waals surface area (Å²) >= 11 is 5.49. The largest absolute Gasteiger partial charge is 0.405 e. The van der Waals surface area contributed by atoms with Gasteiger partial charge in [-0.25, -0.2) is 9.97 Å². The van der Waals surface area contributed by atoms with Crippen LogP contribution in [0.3, 0.4) is 0 Å². The molecule has 1 aromatic heterocycles. The summed E-state index contributed by atoms with van der Waals surface area (Å²) in [7, 11) is 0. The van der Waals surface area contributed by atoms with Crippen LogP contribution in [0.1, 0.15) is 6.92 Å². The van der Waals surface area contributed by atoms with Crippen LogP contribution in [0, 0.1) is 0 Å². The molecule has 1 rings (SSSR count). The van der Waals surface area contributed by atoms with Gasteiger partial charge in [0, 0.05) is 12.7 Å². The summed E-state index contributed by atoms with van der Waals surface area (Å²) in [5, 5.41) is -0.0619. The molecule has 0 aromatic carbocycles. The Morgan fingerprint density at radius 3 is 2.60 bits per heavy atom. The topological polar surface area (TPSA) is 29.0 Å². The Morgan fingerprint density at radius 2 is 2.13 bits per heavy atom. The first-order valence-corrected chi connectivity index (χ1v) is 4.60. The second-order valence-corrected chi connectivity index (χ2v) is 3.15. The Kier molecular flexibility index (Phi) is 3.73. The number of nitrogens with zero attached hydrogens (tertiary/aromatic N) is 3. The highest BCUT2D eigenvalue weighted by Gasteiger charge is 2.30. The van der Waals surface area contributed by atoms with E-state index in [1.807, 2.05) is 0 Å². The Hall–Kier alpha value is -1.04. The first-order valence-electron chi connectivity index (χ1n) is 4.22. The van der Waals surface area contributed by atoms with Crippen LogP contribution < -0.4 is 4.90 Å². The van der Waals surface area contributed by atoms with E-state index in [4.69, 9.17) is 11.6 Å². The van der Waals surface area contributed by atoms with Crippen LogP contribution in [0.5, 0.6) is 0 Å². The van der Waals surface area contributed by atoms with E-state index in [9.17, 15) is 13.2 Å². The lowest BCUT2D eigenvalue weighted by Gasteiger charge is -2.22. The van der Waals surface area contributed by atoms with E-state index in [0.717, 1.165) is 4.90 Å². The molecule has 0 atom stereocenters. The maximum atomic E-state index is 12.2. The number of hydrogen-bond donors (Lipinski definition) is 0. The molecule has 3 nitrogen and oxygen atoms in total. The zero-order chi connectivity index (χ0) is 11.5. The Balaban J connectivity index is 2.83. The summed E-state index contributed by atoms with van der Waals surface area (Å²) in [6.45, 7) is 0.769. The van der Waals surface area contributed by atoms with Gasteiger partial charge in [0.15, 0.2) is 0 Å². The average Bonchev–Trinajstić information content (AvgIpc) is 2.13. The maximum absolute atomic E-state index is 12.2. The average molecular weight is 240 g/mol. The van der Waals surface area contributed by atoms with E-state index in [1.165, 1.54) is 12.3 Å². The summed E-state index contributed by atoms with van der Waals surface area (Å²) in [5.74, 6) is 0.176. The molecule has 0 amide bonds. The van der Waals surface area contributed by atoms with E-state index in [1.54, 1.807) is 6.92 Å². The molecular weight excluding hydrogens is 231 g/mol. The van der Waals surface area contributed by atoms with Crippen LogP contribution in [0.4, 0.5) is 19.0 Å². The molecule has 84 valence electrons. The molecule has 0 N–H and O–H groups in total. The zero-order valence-electron chi connectivity index (χ0n) is 7.92. The highest BCUT2D eigenvalue weighted by Crippen LogP contribution is 2.20. The molecule has 0 radical (unpaired) electrons. The van der Waals surface area contributed by atoms with Crippen LogP contribution in [-0.4, -0.2) is 29.2 Å². The lowest BCUT2D eigenvalue weighted by molar-refractivity contribution is -0.119. The molecule has 1 heterocycles. The van der Waals surface area contributed by atoms with Crippen molar-refractivity contribution in [1.82, 2.24) is 9.97 Å². The van der Waals surface area contributed by atoms with Crippen LogP contribution in [0.15, 0.2) is 12.3 Å². The minimum Gasteiger partial charge on any atom is -0.348 e. The monoisotopic (exact) mass is 239 g/mol. The van der Waals surface area contributed by atoms with Gasteiger partial charge < -0.3 is 4.90 Å². The Morgan fingerprint density at radius 1 is 1.47 bits per heavy atom. The van der Waals surface area contributed by atoms with Gasteiger partial charge in [0.2, 0.25) is 5.28 Å². The van der Waals surface area contributed by atoms with E-state index in [2.05, 4.69) is 9.97 Å². The van der Waals surface area contributed by atoms with Crippen molar-refractivity contribution < 1.29 is 13.2 Å². The van der Waals surface area contributed by atoms with Crippen molar-refractivity contribution in [2.45, 2.75) is 13.1 Å². The van der Waals surface area contributed by atoms with Crippen LogP contribution in [0.25, 0.3) is 0 Å². The molecule has 0 bridgehead atoms. The number of aromatic nitrogens is 2. The van der Waals surface area contributed by atoms with Crippen LogP contribution in [0.2, 0.25) is 5.28 Å². The summed E-state index contributed by atoms with van der Waals surface area (Å²) < 4.78 is 36.5. The second-order valence-electron chi connectivity index (χ2n) is 2.81. The van der Waals surface area contributed by atoms with Gasteiger partial charge >= 0.3 is 6.18 Å². The number of anilines is 1.